The molecule has 1 saturated carbocycles. The summed E-state index contributed by atoms with van der Waals surface area (Å²) in [7, 11) is 0. The number of carbonyl (C=O) groups is 1. The summed E-state index contributed by atoms with van der Waals surface area (Å²) in [5, 5.41) is 10.4. The largest absolute Gasteiger partial charge is 0.482 e. The van der Waals surface area contributed by atoms with Gasteiger partial charge in [-0.15, -0.1) is 0 Å². The molecule has 0 amide bonds. The van der Waals surface area contributed by atoms with Gasteiger partial charge >= 0.3 is 5.97 Å². The topological polar surface area (TPSA) is 55.8 Å². The molecule has 3 rings (SSSR count). The molecule has 4 nitrogen and oxygen atoms in total. The molecular formula is C27H42O4. The van der Waals surface area contributed by atoms with E-state index < -0.39 is 0 Å². The molecule has 2 aliphatic carbocycles. The first-order valence-corrected chi connectivity index (χ1v) is 12.5. The zero-order valence-electron chi connectivity index (χ0n) is 19.9. The normalized spacial score (nSPS) is 25.7. The molecule has 1 aromatic rings. The number of rotatable bonds is 11. The fraction of sp³-hybridized carbons (Fsp3) is 0.741. The van der Waals surface area contributed by atoms with Crippen molar-refractivity contribution in [3.8, 4) is 5.75 Å². The highest BCUT2D eigenvalue weighted by molar-refractivity contribution is 5.71. The average Bonchev–Trinajstić information content (AvgIpc) is 3.02. The molecule has 5 unspecified atom stereocenters. The maximum absolute atomic E-state index is 11.9. The first kappa shape index (κ1) is 24.1. The van der Waals surface area contributed by atoms with E-state index in [4.69, 9.17) is 9.47 Å². The Kier molecular flexibility index (Phi) is 8.83. The van der Waals surface area contributed by atoms with E-state index in [9.17, 15) is 9.90 Å². The summed E-state index contributed by atoms with van der Waals surface area (Å²) in [6.07, 6.45) is 9.73. The Bertz CT molecular complexity index is 713. The molecule has 4 heteroatoms. The van der Waals surface area contributed by atoms with Crippen molar-refractivity contribution in [3.63, 3.8) is 0 Å². The third kappa shape index (κ3) is 6.47. The summed E-state index contributed by atoms with van der Waals surface area (Å²) in [6, 6.07) is 6.27. The molecule has 31 heavy (non-hydrogen) atoms. The fourth-order valence-electron chi connectivity index (χ4n) is 5.93. The van der Waals surface area contributed by atoms with Gasteiger partial charge in [-0.05, 0) is 93.2 Å². The lowest BCUT2D eigenvalue weighted by atomic mass is 9.73. The minimum Gasteiger partial charge on any atom is -0.482 e. The van der Waals surface area contributed by atoms with E-state index >= 15 is 0 Å². The summed E-state index contributed by atoms with van der Waals surface area (Å²) in [6.45, 7) is 8.28. The molecule has 1 N–H and O–H groups in total. The molecule has 0 saturated heterocycles. The maximum atomic E-state index is 11.9. The third-order valence-corrected chi connectivity index (χ3v) is 7.40. The number of fused-ring (bicyclic) bond motifs is 2. The van der Waals surface area contributed by atoms with Crippen molar-refractivity contribution in [2.24, 2.45) is 23.7 Å². The van der Waals surface area contributed by atoms with Crippen molar-refractivity contribution in [3.05, 3.63) is 29.3 Å². The number of benzene rings is 1. The zero-order chi connectivity index (χ0) is 22.4. The Morgan fingerprint density at radius 2 is 2.00 bits per heavy atom. The number of hydrogen-bond acceptors (Lipinski definition) is 4. The van der Waals surface area contributed by atoms with E-state index in [0.717, 1.165) is 44.3 Å². The third-order valence-electron chi connectivity index (χ3n) is 7.40. The van der Waals surface area contributed by atoms with Gasteiger partial charge in [0, 0.05) is 0 Å². The SMILES string of the molecule is CCCCCC(O)CCC1C(C)CC2Cc3c(cccc3OCC(=O)OC(C)C)CC21. The van der Waals surface area contributed by atoms with Crippen molar-refractivity contribution in [1.29, 1.82) is 0 Å². The Morgan fingerprint density at radius 3 is 2.74 bits per heavy atom. The highest BCUT2D eigenvalue weighted by Crippen LogP contribution is 2.50. The van der Waals surface area contributed by atoms with E-state index in [1.807, 2.05) is 26.0 Å². The first-order chi connectivity index (χ1) is 14.9. The minimum atomic E-state index is -0.312. The van der Waals surface area contributed by atoms with E-state index in [2.05, 4.69) is 19.9 Å². The molecule has 5 atom stereocenters. The van der Waals surface area contributed by atoms with Crippen LogP contribution in [-0.2, 0) is 22.4 Å². The summed E-state index contributed by atoms with van der Waals surface area (Å²) < 4.78 is 11.1. The Hall–Kier alpha value is -1.55. The molecule has 174 valence electrons. The average molecular weight is 431 g/mol. The molecule has 1 fully saturated rings. The molecule has 0 heterocycles. The van der Waals surface area contributed by atoms with Gasteiger partial charge in [0.2, 0.25) is 0 Å². The number of carbonyl (C=O) groups excluding carboxylic acids is 1. The van der Waals surface area contributed by atoms with Gasteiger partial charge in [-0.2, -0.15) is 0 Å². The standard InChI is InChI=1S/C27H42O4/c1-5-6-7-10-22(28)12-13-23-19(4)14-21-16-25-20(15-24(21)23)9-8-11-26(25)30-17-27(29)31-18(2)3/h8-9,11,18-19,21-24,28H,5-7,10,12-17H2,1-4H3. The molecule has 0 bridgehead atoms. The quantitative estimate of drug-likeness (QED) is 0.360. The lowest BCUT2D eigenvalue weighted by Crippen LogP contribution is -2.27. The van der Waals surface area contributed by atoms with Gasteiger partial charge in [0.15, 0.2) is 6.61 Å². The number of aliphatic hydroxyl groups is 1. The van der Waals surface area contributed by atoms with Crippen molar-refractivity contribution in [2.45, 2.75) is 97.7 Å². The summed E-state index contributed by atoms with van der Waals surface area (Å²) in [4.78, 5) is 11.9. The maximum Gasteiger partial charge on any atom is 0.344 e. The predicted octanol–water partition coefficient (Wildman–Crippen LogP) is 5.73. The zero-order valence-corrected chi connectivity index (χ0v) is 19.9. The molecule has 2 aliphatic rings. The molecule has 0 radical (unpaired) electrons. The molecular weight excluding hydrogens is 388 g/mol. The van der Waals surface area contributed by atoms with E-state index in [1.54, 1.807) is 0 Å². The van der Waals surface area contributed by atoms with Gasteiger partial charge in [0.05, 0.1) is 12.2 Å². The Balaban J connectivity index is 1.60. The number of unbranched alkanes of at least 4 members (excludes halogenated alkanes) is 2. The highest BCUT2D eigenvalue weighted by Gasteiger charge is 2.43. The van der Waals surface area contributed by atoms with E-state index in [-0.39, 0.29) is 24.8 Å². The van der Waals surface area contributed by atoms with Crippen LogP contribution in [0.2, 0.25) is 0 Å². The second kappa shape index (κ2) is 11.4. The van der Waals surface area contributed by atoms with Gasteiger partial charge in [-0.1, -0.05) is 45.2 Å². The van der Waals surface area contributed by atoms with Crippen LogP contribution in [0.4, 0.5) is 0 Å². The van der Waals surface area contributed by atoms with Crippen LogP contribution in [0.15, 0.2) is 18.2 Å². The van der Waals surface area contributed by atoms with Crippen LogP contribution in [0.3, 0.4) is 0 Å². The monoisotopic (exact) mass is 430 g/mol. The smallest absolute Gasteiger partial charge is 0.344 e. The van der Waals surface area contributed by atoms with Crippen molar-refractivity contribution in [2.75, 3.05) is 6.61 Å². The number of ether oxygens (including phenoxy) is 2. The first-order valence-electron chi connectivity index (χ1n) is 12.5. The van der Waals surface area contributed by atoms with E-state index in [0.29, 0.717) is 23.7 Å². The number of hydrogen-bond donors (Lipinski definition) is 1. The van der Waals surface area contributed by atoms with Crippen LogP contribution >= 0.6 is 0 Å². The predicted molar refractivity (Wildman–Crippen MR) is 124 cm³/mol. The van der Waals surface area contributed by atoms with Crippen molar-refractivity contribution < 1.29 is 19.4 Å². The Labute approximate surface area is 188 Å². The highest BCUT2D eigenvalue weighted by atomic mass is 16.6. The number of aliphatic hydroxyl groups excluding tert-OH is 1. The van der Waals surface area contributed by atoms with Crippen LogP contribution < -0.4 is 4.74 Å². The van der Waals surface area contributed by atoms with Gasteiger partial charge in [0.1, 0.15) is 5.75 Å². The summed E-state index contributed by atoms with van der Waals surface area (Å²) in [5.74, 6) is 3.32. The van der Waals surface area contributed by atoms with Crippen LogP contribution in [0.1, 0.15) is 83.8 Å². The summed E-state index contributed by atoms with van der Waals surface area (Å²) >= 11 is 0. The Morgan fingerprint density at radius 1 is 1.19 bits per heavy atom. The van der Waals surface area contributed by atoms with Gasteiger partial charge in [0.25, 0.3) is 0 Å². The molecule has 1 aromatic carbocycles. The summed E-state index contributed by atoms with van der Waals surface area (Å²) in [5.41, 5.74) is 2.66. The van der Waals surface area contributed by atoms with Crippen molar-refractivity contribution >= 4 is 5.97 Å². The fourth-order valence-corrected chi connectivity index (χ4v) is 5.93. The van der Waals surface area contributed by atoms with Crippen molar-refractivity contribution in [1.82, 2.24) is 0 Å². The van der Waals surface area contributed by atoms with Crippen LogP contribution in [0.5, 0.6) is 5.75 Å². The lowest BCUT2D eigenvalue weighted by Gasteiger charge is -2.33. The van der Waals surface area contributed by atoms with Gasteiger partial charge in [-0.25, -0.2) is 4.79 Å². The van der Waals surface area contributed by atoms with Crippen LogP contribution in [0, 0.1) is 23.7 Å². The molecule has 0 aliphatic heterocycles. The van der Waals surface area contributed by atoms with Gasteiger partial charge in [-0.3, -0.25) is 0 Å². The van der Waals surface area contributed by atoms with E-state index in [1.165, 1.54) is 30.4 Å². The number of esters is 1. The lowest BCUT2D eigenvalue weighted by molar-refractivity contribution is -0.149. The second-order valence-corrected chi connectivity index (χ2v) is 10.2. The van der Waals surface area contributed by atoms with Gasteiger partial charge < -0.3 is 14.6 Å². The van der Waals surface area contributed by atoms with Crippen LogP contribution in [-0.4, -0.2) is 29.9 Å². The second-order valence-electron chi connectivity index (χ2n) is 10.2. The van der Waals surface area contributed by atoms with Crippen LogP contribution in [0.25, 0.3) is 0 Å². The molecule has 0 spiro atoms. The molecule has 0 aromatic heterocycles. The minimum absolute atomic E-state index is 0.0301.